The molecule has 2 nitrogen and oxygen atoms in total. The van der Waals surface area contributed by atoms with E-state index in [1.54, 1.807) is 0 Å². The summed E-state index contributed by atoms with van der Waals surface area (Å²) in [4.78, 5) is 0. The molecular weight excluding hydrogens is 208 g/mol. The first-order valence-corrected chi connectivity index (χ1v) is 7.50. The van der Waals surface area contributed by atoms with Crippen molar-refractivity contribution in [2.75, 3.05) is 19.6 Å². The lowest BCUT2D eigenvalue weighted by molar-refractivity contribution is 0.275. The van der Waals surface area contributed by atoms with Crippen LogP contribution in [0.15, 0.2) is 0 Å². The third-order valence-corrected chi connectivity index (χ3v) is 3.65. The van der Waals surface area contributed by atoms with Gasteiger partial charge in [0, 0.05) is 0 Å². The van der Waals surface area contributed by atoms with E-state index in [4.69, 9.17) is 5.73 Å². The van der Waals surface area contributed by atoms with Crippen molar-refractivity contribution in [3.8, 4) is 0 Å². The number of nitrogens with two attached hydrogens (primary N) is 1. The highest BCUT2D eigenvalue weighted by atomic mass is 14.9. The number of unbranched alkanes of at least 4 members (excludes halogenated alkanes) is 4. The van der Waals surface area contributed by atoms with E-state index in [0.29, 0.717) is 0 Å². The molecule has 0 aliphatic rings. The Kier molecular flexibility index (Phi) is 11.0. The fraction of sp³-hybridized carbons (Fsp3) is 1.00. The summed E-state index contributed by atoms with van der Waals surface area (Å²) in [6.07, 6.45) is 6.50. The van der Waals surface area contributed by atoms with Gasteiger partial charge in [-0.25, -0.2) is 0 Å². The van der Waals surface area contributed by atoms with Crippen LogP contribution in [0.5, 0.6) is 0 Å². The molecular formula is C15H34N2. The van der Waals surface area contributed by atoms with Gasteiger partial charge in [0.25, 0.3) is 0 Å². The van der Waals surface area contributed by atoms with E-state index in [1.807, 2.05) is 0 Å². The molecule has 0 fully saturated rings. The maximum absolute atomic E-state index is 5.47. The zero-order valence-electron chi connectivity index (χ0n) is 12.5. The highest BCUT2D eigenvalue weighted by molar-refractivity contribution is 4.69. The maximum Gasteiger partial charge on any atom is -0.00156 e. The van der Waals surface area contributed by atoms with Gasteiger partial charge in [0.2, 0.25) is 0 Å². The minimum Gasteiger partial charge on any atom is -0.330 e. The lowest BCUT2D eigenvalue weighted by atomic mass is 9.85. The Labute approximate surface area is 109 Å². The molecule has 0 amide bonds. The van der Waals surface area contributed by atoms with Gasteiger partial charge in [-0.1, -0.05) is 47.0 Å². The Bertz CT molecular complexity index is 147. The van der Waals surface area contributed by atoms with E-state index >= 15 is 0 Å². The predicted molar refractivity (Wildman–Crippen MR) is 78.2 cm³/mol. The average Bonchev–Trinajstić information content (AvgIpc) is 2.26. The number of hydrogen-bond acceptors (Lipinski definition) is 2. The summed E-state index contributed by atoms with van der Waals surface area (Å²) in [6, 6.07) is 0. The molecule has 0 spiro atoms. The van der Waals surface area contributed by atoms with Crippen LogP contribution in [0.2, 0.25) is 0 Å². The van der Waals surface area contributed by atoms with Crippen molar-refractivity contribution >= 4 is 0 Å². The highest BCUT2D eigenvalue weighted by Crippen LogP contribution is 2.19. The molecule has 0 aromatic rings. The maximum atomic E-state index is 5.47. The van der Waals surface area contributed by atoms with Crippen molar-refractivity contribution < 1.29 is 0 Å². The molecule has 0 aromatic heterocycles. The molecule has 0 radical (unpaired) electrons. The smallest absolute Gasteiger partial charge is 0.00156 e. The van der Waals surface area contributed by atoms with Gasteiger partial charge in [-0.05, 0) is 50.2 Å². The summed E-state index contributed by atoms with van der Waals surface area (Å²) in [5.74, 6) is 2.38. The van der Waals surface area contributed by atoms with Gasteiger partial charge in [0.15, 0.2) is 0 Å². The van der Waals surface area contributed by atoms with Crippen LogP contribution in [0.3, 0.4) is 0 Å². The molecule has 0 heterocycles. The summed E-state index contributed by atoms with van der Waals surface area (Å²) in [6.45, 7) is 12.5. The molecule has 104 valence electrons. The SMILES string of the molecule is CC(C)C(CNCCCCCCCN)C(C)C. The van der Waals surface area contributed by atoms with Gasteiger partial charge in [-0.2, -0.15) is 0 Å². The van der Waals surface area contributed by atoms with E-state index in [-0.39, 0.29) is 0 Å². The second-order valence-corrected chi connectivity index (χ2v) is 5.91. The lowest BCUT2D eigenvalue weighted by Crippen LogP contribution is -2.30. The monoisotopic (exact) mass is 242 g/mol. The summed E-state index contributed by atoms with van der Waals surface area (Å²) >= 11 is 0. The molecule has 17 heavy (non-hydrogen) atoms. The molecule has 0 saturated carbocycles. The summed E-state index contributed by atoms with van der Waals surface area (Å²) < 4.78 is 0. The third kappa shape index (κ3) is 9.61. The second kappa shape index (κ2) is 11.0. The molecule has 0 saturated heterocycles. The standard InChI is InChI=1S/C15H34N2/c1-13(2)15(14(3)4)12-17-11-9-7-5-6-8-10-16/h13-15,17H,5-12,16H2,1-4H3. The Morgan fingerprint density at radius 3 is 1.88 bits per heavy atom. The summed E-state index contributed by atoms with van der Waals surface area (Å²) in [7, 11) is 0. The summed E-state index contributed by atoms with van der Waals surface area (Å²) in [5.41, 5.74) is 5.47. The number of nitrogens with one attached hydrogen (secondary N) is 1. The van der Waals surface area contributed by atoms with Crippen LogP contribution < -0.4 is 11.1 Å². The fourth-order valence-electron chi connectivity index (χ4n) is 2.43. The van der Waals surface area contributed by atoms with Crippen molar-refractivity contribution in [2.45, 2.75) is 59.8 Å². The van der Waals surface area contributed by atoms with Crippen molar-refractivity contribution in [3.63, 3.8) is 0 Å². The van der Waals surface area contributed by atoms with E-state index < -0.39 is 0 Å². The van der Waals surface area contributed by atoms with E-state index in [1.165, 1.54) is 45.2 Å². The van der Waals surface area contributed by atoms with Gasteiger partial charge in [-0.3, -0.25) is 0 Å². The van der Waals surface area contributed by atoms with Crippen LogP contribution in [0.1, 0.15) is 59.8 Å². The first-order valence-electron chi connectivity index (χ1n) is 7.50. The Hall–Kier alpha value is -0.0800. The molecule has 3 N–H and O–H groups in total. The minimum absolute atomic E-state index is 0.784. The second-order valence-electron chi connectivity index (χ2n) is 5.91. The van der Waals surface area contributed by atoms with Gasteiger partial charge in [0.05, 0.1) is 0 Å². The normalized spacial score (nSPS) is 12.0. The largest absolute Gasteiger partial charge is 0.330 e. The van der Waals surface area contributed by atoms with Crippen molar-refractivity contribution in [1.29, 1.82) is 0 Å². The average molecular weight is 242 g/mol. The lowest BCUT2D eigenvalue weighted by Gasteiger charge is -2.25. The quantitative estimate of drug-likeness (QED) is 0.545. The molecule has 0 bridgehead atoms. The number of rotatable bonds is 11. The van der Waals surface area contributed by atoms with Gasteiger partial charge in [0.1, 0.15) is 0 Å². The molecule has 0 atom stereocenters. The Morgan fingerprint density at radius 2 is 1.35 bits per heavy atom. The minimum atomic E-state index is 0.784. The van der Waals surface area contributed by atoms with Crippen LogP contribution in [-0.4, -0.2) is 19.6 Å². The Balaban J connectivity index is 3.37. The fourth-order valence-corrected chi connectivity index (χ4v) is 2.43. The highest BCUT2D eigenvalue weighted by Gasteiger charge is 2.16. The molecule has 0 rings (SSSR count). The van der Waals surface area contributed by atoms with Crippen molar-refractivity contribution in [1.82, 2.24) is 5.32 Å². The van der Waals surface area contributed by atoms with Crippen molar-refractivity contribution in [2.24, 2.45) is 23.5 Å². The first-order chi connectivity index (χ1) is 8.09. The first kappa shape index (κ1) is 16.9. The topological polar surface area (TPSA) is 38.0 Å². The van der Waals surface area contributed by atoms with Crippen LogP contribution in [0.25, 0.3) is 0 Å². The van der Waals surface area contributed by atoms with Gasteiger partial charge >= 0.3 is 0 Å². The van der Waals surface area contributed by atoms with E-state index in [2.05, 4.69) is 33.0 Å². The molecule has 0 unspecified atom stereocenters. The van der Waals surface area contributed by atoms with Crippen LogP contribution in [-0.2, 0) is 0 Å². The van der Waals surface area contributed by atoms with Gasteiger partial charge < -0.3 is 11.1 Å². The molecule has 0 aliphatic heterocycles. The van der Waals surface area contributed by atoms with Crippen LogP contribution in [0, 0.1) is 17.8 Å². The van der Waals surface area contributed by atoms with Crippen LogP contribution >= 0.6 is 0 Å². The van der Waals surface area contributed by atoms with Crippen LogP contribution in [0.4, 0.5) is 0 Å². The molecule has 0 aromatic carbocycles. The predicted octanol–water partition coefficient (Wildman–Crippen LogP) is 3.41. The molecule has 2 heteroatoms. The zero-order valence-corrected chi connectivity index (χ0v) is 12.5. The van der Waals surface area contributed by atoms with E-state index in [9.17, 15) is 0 Å². The zero-order chi connectivity index (χ0) is 13.1. The summed E-state index contributed by atoms with van der Waals surface area (Å²) in [5, 5.41) is 3.61. The molecule has 0 aliphatic carbocycles. The van der Waals surface area contributed by atoms with Gasteiger partial charge in [-0.15, -0.1) is 0 Å². The van der Waals surface area contributed by atoms with Crippen molar-refractivity contribution in [3.05, 3.63) is 0 Å². The number of hydrogen-bond donors (Lipinski definition) is 2. The Morgan fingerprint density at radius 1 is 0.824 bits per heavy atom. The third-order valence-electron chi connectivity index (χ3n) is 3.65. The van der Waals surface area contributed by atoms with E-state index in [0.717, 1.165) is 24.3 Å².